The number of hydrogen-bond donors (Lipinski definition) is 1. The number of nitrogens with one attached hydrogen (secondary N) is 1. The minimum Gasteiger partial charge on any atom is -0.420 e. The summed E-state index contributed by atoms with van der Waals surface area (Å²) in [6, 6.07) is 12.6. The van der Waals surface area contributed by atoms with Crippen LogP contribution >= 0.6 is 11.6 Å². The number of carbonyl (C=O) groups is 1. The summed E-state index contributed by atoms with van der Waals surface area (Å²) in [5, 5.41) is 11.0. The van der Waals surface area contributed by atoms with Crippen molar-refractivity contribution in [2.24, 2.45) is 0 Å². The van der Waals surface area contributed by atoms with Gasteiger partial charge in [0.1, 0.15) is 18.2 Å². The Kier molecular flexibility index (Phi) is 6.08. The molecule has 0 saturated carbocycles. The van der Waals surface area contributed by atoms with Gasteiger partial charge in [-0.2, -0.15) is 10.2 Å². The maximum Gasteiger partial charge on any atom is 0.487 e. The van der Waals surface area contributed by atoms with Crippen LogP contribution in [0.5, 0.6) is 5.75 Å². The molecule has 11 heteroatoms. The molecule has 0 unspecified atom stereocenters. The third-order valence-electron chi connectivity index (χ3n) is 5.69. The van der Waals surface area contributed by atoms with Crippen LogP contribution in [-0.4, -0.2) is 37.8 Å². The summed E-state index contributed by atoms with van der Waals surface area (Å²) in [6.07, 6.45) is 2.44. The molecule has 180 valence electrons. The Hall–Kier alpha value is -3.63. The van der Waals surface area contributed by atoms with Crippen LogP contribution < -0.4 is 10.1 Å². The first-order chi connectivity index (χ1) is 16.8. The number of amides is 1. The minimum absolute atomic E-state index is 0.111. The van der Waals surface area contributed by atoms with Crippen molar-refractivity contribution in [3.8, 4) is 17.0 Å². The highest BCUT2D eigenvalue weighted by Gasteiger charge is 2.28. The molecule has 5 rings (SSSR count). The van der Waals surface area contributed by atoms with E-state index in [1.54, 1.807) is 24.4 Å². The summed E-state index contributed by atoms with van der Waals surface area (Å²) in [5.74, 6) is 0.251. The number of alkyl halides is 3. The number of rotatable bonds is 6. The highest BCUT2D eigenvalue weighted by Crippen LogP contribution is 2.35. The van der Waals surface area contributed by atoms with Crippen molar-refractivity contribution < 1.29 is 23.0 Å². The molecular formula is C24H20ClF2N5O3. The molecule has 1 aliphatic rings. The molecule has 1 aliphatic heterocycles. The van der Waals surface area contributed by atoms with E-state index in [0.717, 1.165) is 23.3 Å². The zero-order valence-electron chi connectivity index (χ0n) is 18.5. The van der Waals surface area contributed by atoms with E-state index in [9.17, 15) is 13.6 Å². The van der Waals surface area contributed by atoms with Gasteiger partial charge in [-0.1, -0.05) is 6.92 Å². The van der Waals surface area contributed by atoms with E-state index in [1.165, 1.54) is 24.3 Å². The zero-order chi connectivity index (χ0) is 24.6. The van der Waals surface area contributed by atoms with E-state index in [4.69, 9.17) is 21.3 Å². The van der Waals surface area contributed by atoms with Crippen LogP contribution in [0.2, 0.25) is 0 Å². The molecule has 0 bridgehead atoms. The van der Waals surface area contributed by atoms with Gasteiger partial charge in [-0.3, -0.25) is 4.79 Å². The quantitative estimate of drug-likeness (QED) is 0.357. The first-order valence-corrected chi connectivity index (χ1v) is 11.3. The van der Waals surface area contributed by atoms with E-state index >= 15 is 0 Å². The third-order valence-corrected chi connectivity index (χ3v) is 5.77. The Morgan fingerprint density at radius 1 is 1.29 bits per heavy atom. The maximum atomic E-state index is 13.1. The fourth-order valence-corrected chi connectivity index (χ4v) is 4.24. The normalized spacial score (nSPS) is 15.6. The molecule has 0 fully saturated rings. The van der Waals surface area contributed by atoms with E-state index < -0.39 is 11.5 Å². The summed E-state index contributed by atoms with van der Waals surface area (Å²) in [4.78, 5) is 17.9. The van der Waals surface area contributed by atoms with Gasteiger partial charge in [0.05, 0.1) is 29.4 Å². The summed E-state index contributed by atoms with van der Waals surface area (Å²) < 4.78 is 37.8. The molecule has 1 atom stereocenters. The summed E-state index contributed by atoms with van der Waals surface area (Å²) in [7, 11) is 0. The number of imidazole rings is 1. The molecule has 1 N–H and O–H groups in total. The second-order valence-corrected chi connectivity index (χ2v) is 8.44. The van der Waals surface area contributed by atoms with Crippen molar-refractivity contribution >= 4 is 34.2 Å². The zero-order valence-corrected chi connectivity index (χ0v) is 19.3. The lowest BCUT2D eigenvalue weighted by Crippen LogP contribution is -2.23. The average molecular weight is 500 g/mol. The van der Waals surface area contributed by atoms with E-state index in [-0.39, 0.29) is 11.8 Å². The highest BCUT2D eigenvalue weighted by molar-refractivity contribution is 6.20. The molecular weight excluding hydrogens is 480 g/mol. The van der Waals surface area contributed by atoms with E-state index in [2.05, 4.69) is 31.7 Å². The van der Waals surface area contributed by atoms with Crippen molar-refractivity contribution in [2.45, 2.75) is 31.6 Å². The van der Waals surface area contributed by atoms with Crippen molar-refractivity contribution in [1.29, 1.82) is 0 Å². The molecule has 0 radical (unpaired) electrons. The topological polar surface area (TPSA) is 91.2 Å². The average Bonchev–Trinajstić information content (AvgIpc) is 3.23. The molecule has 4 aromatic rings. The Balaban J connectivity index is 1.53. The summed E-state index contributed by atoms with van der Waals surface area (Å²) in [5.41, 5.74) is -0.212. The Morgan fingerprint density at radius 2 is 2.09 bits per heavy atom. The Morgan fingerprint density at radius 3 is 2.77 bits per heavy atom. The van der Waals surface area contributed by atoms with Gasteiger partial charge in [-0.15, -0.1) is 8.78 Å². The lowest BCUT2D eigenvalue weighted by atomic mass is 10.0. The SMILES string of the molecule is CC[C@@H]1COCc2nc3cc(C(=O)Nc4ccc(OC(F)(F)Cl)cc4)cc(-c4cccnn4)c3n21. The first-order valence-electron chi connectivity index (χ1n) is 10.9. The number of anilines is 1. The molecule has 3 heterocycles. The standard InChI is InChI=1S/C24H20ClF2N5O3/c1-2-16-12-34-13-21-30-20-11-14(10-18(22(20)32(16)21)19-4-3-9-28-31-19)23(33)29-15-5-7-17(8-6-15)35-24(25,26)27/h3-11,16H,2,12-13H2,1H3,(H,29,33)/t16-/m1/s1. The summed E-state index contributed by atoms with van der Waals surface area (Å²) >= 11 is 4.79. The van der Waals surface area contributed by atoms with Gasteiger partial charge in [0.15, 0.2) is 0 Å². The fourth-order valence-electron chi connectivity index (χ4n) is 4.15. The number of carbonyl (C=O) groups excluding carboxylic acids is 1. The smallest absolute Gasteiger partial charge is 0.420 e. The minimum atomic E-state index is -3.82. The highest BCUT2D eigenvalue weighted by atomic mass is 35.5. The third kappa shape index (κ3) is 4.80. The van der Waals surface area contributed by atoms with Crippen molar-refractivity contribution in [3.63, 3.8) is 0 Å². The van der Waals surface area contributed by atoms with Crippen LogP contribution in [0.1, 0.15) is 35.6 Å². The lowest BCUT2D eigenvalue weighted by molar-refractivity contribution is -0.0964. The number of ether oxygens (including phenoxy) is 2. The van der Waals surface area contributed by atoms with Gasteiger partial charge in [0.2, 0.25) is 0 Å². The number of halogens is 3. The molecule has 2 aromatic heterocycles. The number of benzene rings is 2. The number of hydrogen-bond acceptors (Lipinski definition) is 6. The Bertz CT molecular complexity index is 1370. The number of nitrogens with zero attached hydrogens (tertiary/aromatic N) is 4. The molecule has 0 aliphatic carbocycles. The molecule has 1 amide bonds. The van der Waals surface area contributed by atoms with Crippen LogP contribution in [0.4, 0.5) is 14.5 Å². The van der Waals surface area contributed by atoms with Crippen LogP contribution in [-0.2, 0) is 11.3 Å². The predicted octanol–water partition coefficient (Wildman–Crippen LogP) is 5.39. The van der Waals surface area contributed by atoms with Gasteiger partial charge in [0, 0.05) is 34.6 Å². The second kappa shape index (κ2) is 9.20. The van der Waals surface area contributed by atoms with Gasteiger partial charge in [-0.25, -0.2) is 4.98 Å². The van der Waals surface area contributed by atoms with Crippen LogP contribution in [0.3, 0.4) is 0 Å². The molecule has 0 spiro atoms. The lowest BCUT2D eigenvalue weighted by Gasteiger charge is -2.25. The van der Waals surface area contributed by atoms with Crippen LogP contribution in [0.15, 0.2) is 54.7 Å². The maximum absolute atomic E-state index is 13.1. The van der Waals surface area contributed by atoms with E-state index in [0.29, 0.717) is 35.7 Å². The number of aromatic nitrogens is 4. The second-order valence-electron chi connectivity index (χ2n) is 8.00. The van der Waals surface area contributed by atoms with Crippen molar-refractivity contribution in [3.05, 3.63) is 66.1 Å². The van der Waals surface area contributed by atoms with Crippen LogP contribution in [0, 0.1) is 0 Å². The fraction of sp³-hybridized carbons (Fsp3) is 0.250. The molecule has 0 saturated heterocycles. The first kappa shape index (κ1) is 23.1. The van der Waals surface area contributed by atoms with Crippen LogP contribution in [0.25, 0.3) is 22.3 Å². The Labute approximate surface area is 203 Å². The van der Waals surface area contributed by atoms with E-state index in [1.807, 2.05) is 6.07 Å². The van der Waals surface area contributed by atoms with Gasteiger partial charge >= 0.3 is 5.57 Å². The number of fused-ring (bicyclic) bond motifs is 3. The van der Waals surface area contributed by atoms with Crippen molar-refractivity contribution in [1.82, 2.24) is 19.7 Å². The molecule has 8 nitrogen and oxygen atoms in total. The summed E-state index contributed by atoms with van der Waals surface area (Å²) in [6.45, 7) is 3.04. The van der Waals surface area contributed by atoms with Gasteiger partial charge in [0.25, 0.3) is 5.91 Å². The monoisotopic (exact) mass is 499 g/mol. The predicted molar refractivity (Wildman–Crippen MR) is 126 cm³/mol. The molecule has 2 aromatic carbocycles. The van der Waals surface area contributed by atoms with Gasteiger partial charge in [-0.05, 0) is 55.0 Å². The largest absolute Gasteiger partial charge is 0.487 e. The molecule has 35 heavy (non-hydrogen) atoms. The van der Waals surface area contributed by atoms with Gasteiger partial charge < -0.3 is 19.4 Å². The van der Waals surface area contributed by atoms with Crippen molar-refractivity contribution in [2.75, 3.05) is 11.9 Å².